The van der Waals surface area contributed by atoms with Gasteiger partial charge in [-0.2, -0.15) is 18.4 Å². The average Bonchev–Trinajstić information content (AvgIpc) is 2.42. The van der Waals surface area contributed by atoms with Gasteiger partial charge in [0.1, 0.15) is 17.3 Å². The largest absolute Gasteiger partial charge is 0.455 e. The maximum absolute atomic E-state index is 13.8. The first-order chi connectivity index (χ1) is 9.76. The monoisotopic (exact) mass is 298 g/mol. The SMILES string of the molecule is CC1(C#N)NC=C(Oc2ccccc2C(F)(F)F)C=C1F. The highest BCUT2D eigenvalue weighted by atomic mass is 19.4. The molecular weight excluding hydrogens is 288 g/mol. The summed E-state index contributed by atoms with van der Waals surface area (Å²) in [5, 5.41) is 11.3. The lowest BCUT2D eigenvalue weighted by molar-refractivity contribution is -0.138. The normalized spacial score (nSPS) is 21.7. The third-order valence-corrected chi connectivity index (χ3v) is 2.89. The van der Waals surface area contributed by atoms with Crippen molar-refractivity contribution in [2.45, 2.75) is 18.6 Å². The van der Waals surface area contributed by atoms with Gasteiger partial charge in [0.25, 0.3) is 0 Å². The van der Waals surface area contributed by atoms with E-state index in [9.17, 15) is 17.6 Å². The van der Waals surface area contributed by atoms with Crippen LogP contribution in [0.25, 0.3) is 0 Å². The Kier molecular flexibility index (Phi) is 3.64. The predicted molar refractivity (Wildman–Crippen MR) is 66.5 cm³/mol. The lowest BCUT2D eigenvalue weighted by Gasteiger charge is -2.25. The zero-order valence-corrected chi connectivity index (χ0v) is 10.8. The number of hydrogen-bond acceptors (Lipinski definition) is 3. The van der Waals surface area contributed by atoms with E-state index in [0.717, 1.165) is 24.4 Å². The van der Waals surface area contributed by atoms with Gasteiger partial charge in [0, 0.05) is 12.3 Å². The molecular formula is C14H10F4N2O. The molecule has 1 aromatic rings. The second kappa shape index (κ2) is 5.13. The van der Waals surface area contributed by atoms with Gasteiger partial charge in [-0.3, -0.25) is 0 Å². The zero-order valence-electron chi connectivity index (χ0n) is 10.8. The summed E-state index contributed by atoms with van der Waals surface area (Å²) >= 11 is 0. The average molecular weight is 298 g/mol. The first-order valence-electron chi connectivity index (χ1n) is 5.87. The van der Waals surface area contributed by atoms with Gasteiger partial charge in [-0.25, -0.2) is 4.39 Å². The van der Waals surface area contributed by atoms with E-state index in [1.807, 2.05) is 0 Å². The number of rotatable bonds is 2. The van der Waals surface area contributed by atoms with Crippen LogP contribution in [0.5, 0.6) is 5.75 Å². The van der Waals surface area contributed by atoms with Crippen LogP contribution in [0.2, 0.25) is 0 Å². The van der Waals surface area contributed by atoms with E-state index in [1.54, 1.807) is 6.07 Å². The van der Waals surface area contributed by atoms with Gasteiger partial charge in [-0.15, -0.1) is 0 Å². The molecule has 0 saturated carbocycles. The summed E-state index contributed by atoms with van der Waals surface area (Å²) in [4.78, 5) is 0. The minimum absolute atomic E-state index is 0.156. The third-order valence-electron chi connectivity index (χ3n) is 2.89. The molecule has 2 rings (SSSR count). The van der Waals surface area contributed by atoms with Crippen LogP contribution in [0.15, 0.2) is 48.1 Å². The fourth-order valence-electron chi connectivity index (χ4n) is 1.66. The Labute approximate surface area is 118 Å². The number of halogens is 4. The van der Waals surface area contributed by atoms with Gasteiger partial charge < -0.3 is 10.1 Å². The number of para-hydroxylation sites is 1. The molecule has 0 fully saturated rings. The van der Waals surface area contributed by atoms with E-state index < -0.39 is 28.9 Å². The first kappa shape index (κ1) is 14.9. The molecule has 0 aromatic heterocycles. The summed E-state index contributed by atoms with van der Waals surface area (Å²) in [5.41, 5.74) is -2.51. The number of benzene rings is 1. The quantitative estimate of drug-likeness (QED) is 0.847. The van der Waals surface area contributed by atoms with Crippen LogP contribution >= 0.6 is 0 Å². The van der Waals surface area contributed by atoms with Crippen molar-refractivity contribution in [2.75, 3.05) is 0 Å². The molecule has 0 amide bonds. The van der Waals surface area contributed by atoms with E-state index in [2.05, 4.69) is 5.32 Å². The summed E-state index contributed by atoms with van der Waals surface area (Å²) in [6.45, 7) is 1.30. The lowest BCUT2D eigenvalue weighted by atomic mass is 10.0. The van der Waals surface area contributed by atoms with Crippen molar-refractivity contribution in [1.29, 1.82) is 5.26 Å². The Morgan fingerprint density at radius 1 is 1.29 bits per heavy atom. The summed E-state index contributed by atoms with van der Waals surface area (Å²) in [6, 6.07) is 6.32. The molecule has 1 unspecified atom stereocenters. The minimum atomic E-state index is -4.58. The minimum Gasteiger partial charge on any atom is -0.455 e. The molecule has 1 aliphatic rings. The molecule has 3 nitrogen and oxygen atoms in total. The van der Waals surface area contributed by atoms with Crippen LogP contribution < -0.4 is 10.1 Å². The Morgan fingerprint density at radius 2 is 1.95 bits per heavy atom. The topological polar surface area (TPSA) is 45.0 Å². The maximum atomic E-state index is 13.8. The highest BCUT2D eigenvalue weighted by molar-refractivity contribution is 5.40. The van der Waals surface area contributed by atoms with Gasteiger partial charge in [0.05, 0.1) is 11.6 Å². The van der Waals surface area contributed by atoms with Crippen LogP contribution in [0.1, 0.15) is 12.5 Å². The van der Waals surface area contributed by atoms with Crippen LogP contribution in [-0.2, 0) is 6.18 Å². The summed E-state index contributed by atoms with van der Waals surface area (Å²) in [6.07, 6.45) is -2.55. The molecule has 0 aliphatic carbocycles. The fourth-order valence-corrected chi connectivity index (χ4v) is 1.66. The number of alkyl halides is 3. The number of nitrogens with zero attached hydrogens (tertiary/aromatic N) is 1. The smallest absolute Gasteiger partial charge is 0.419 e. The second-order valence-electron chi connectivity index (χ2n) is 4.52. The van der Waals surface area contributed by atoms with Crippen molar-refractivity contribution in [3.63, 3.8) is 0 Å². The van der Waals surface area contributed by atoms with Crippen molar-refractivity contribution >= 4 is 0 Å². The van der Waals surface area contributed by atoms with E-state index in [0.29, 0.717) is 0 Å². The van der Waals surface area contributed by atoms with Crippen molar-refractivity contribution in [2.24, 2.45) is 0 Å². The summed E-state index contributed by atoms with van der Waals surface area (Å²) < 4.78 is 57.3. The molecule has 7 heteroatoms. The maximum Gasteiger partial charge on any atom is 0.419 e. The fraction of sp³-hybridized carbons (Fsp3) is 0.214. The van der Waals surface area contributed by atoms with Crippen molar-refractivity contribution in [1.82, 2.24) is 5.32 Å². The molecule has 110 valence electrons. The van der Waals surface area contributed by atoms with E-state index in [4.69, 9.17) is 10.00 Å². The highest BCUT2D eigenvalue weighted by Gasteiger charge is 2.35. The number of nitriles is 1. The van der Waals surface area contributed by atoms with Gasteiger partial charge in [-0.05, 0) is 19.1 Å². The van der Waals surface area contributed by atoms with Gasteiger partial charge in [0.15, 0.2) is 5.54 Å². The lowest BCUT2D eigenvalue weighted by Crippen LogP contribution is -2.40. The van der Waals surface area contributed by atoms with Crippen molar-refractivity contribution < 1.29 is 22.3 Å². The molecule has 0 saturated heterocycles. The summed E-state index contributed by atoms with van der Waals surface area (Å²) in [7, 11) is 0. The van der Waals surface area contributed by atoms with Crippen molar-refractivity contribution in [3.05, 3.63) is 53.7 Å². The third kappa shape index (κ3) is 2.99. The van der Waals surface area contributed by atoms with E-state index >= 15 is 0 Å². The van der Waals surface area contributed by atoms with Crippen LogP contribution in [0.3, 0.4) is 0 Å². The molecule has 1 N–H and O–H groups in total. The number of ether oxygens (including phenoxy) is 1. The number of allylic oxidation sites excluding steroid dienone is 1. The van der Waals surface area contributed by atoms with Gasteiger partial charge in [-0.1, -0.05) is 12.1 Å². The Hall–Kier alpha value is -2.49. The standard InChI is InChI=1S/C14H10F4N2O/c1-13(8-19)12(15)6-9(7-20-13)21-11-5-3-2-4-10(11)14(16,17)18/h2-7,20H,1H3. The summed E-state index contributed by atoms with van der Waals surface area (Å²) in [5.74, 6) is -1.44. The molecule has 1 atom stereocenters. The Bertz CT molecular complexity index is 658. The molecule has 1 heterocycles. The molecule has 1 aromatic carbocycles. The molecule has 0 spiro atoms. The second-order valence-corrected chi connectivity index (χ2v) is 4.52. The van der Waals surface area contributed by atoms with E-state index in [-0.39, 0.29) is 5.76 Å². The molecule has 21 heavy (non-hydrogen) atoms. The van der Waals surface area contributed by atoms with Crippen LogP contribution in [0, 0.1) is 11.3 Å². The number of dihydropyridines is 1. The number of hydrogen-bond donors (Lipinski definition) is 1. The van der Waals surface area contributed by atoms with Gasteiger partial charge >= 0.3 is 6.18 Å². The Morgan fingerprint density at radius 3 is 2.52 bits per heavy atom. The zero-order chi connectivity index (χ0) is 15.7. The molecule has 0 bridgehead atoms. The highest BCUT2D eigenvalue weighted by Crippen LogP contribution is 2.37. The molecule has 0 radical (unpaired) electrons. The molecule has 1 aliphatic heterocycles. The van der Waals surface area contributed by atoms with Crippen LogP contribution in [0.4, 0.5) is 17.6 Å². The van der Waals surface area contributed by atoms with Gasteiger partial charge in [0.2, 0.25) is 0 Å². The van der Waals surface area contributed by atoms with E-state index in [1.165, 1.54) is 19.1 Å². The van der Waals surface area contributed by atoms with Crippen molar-refractivity contribution in [3.8, 4) is 11.8 Å². The number of nitrogens with one attached hydrogen (secondary N) is 1. The first-order valence-corrected chi connectivity index (χ1v) is 5.87. The predicted octanol–water partition coefficient (Wildman–Crippen LogP) is 3.66. The Balaban J connectivity index is 2.28. The van der Waals surface area contributed by atoms with Crippen LogP contribution in [-0.4, -0.2) is 5.54 Å².